The van der Waals surface area contributed by atoms with E-state index in [0.717, 1.165) is 0 Å². The zero-order valence-electron chi connectivity index (χ0n) is 7.61. The second-order valence-corrected chi connectivity index (χ2v) is 5.99. The van der Waals surface area contributed by atoms with Crippen LogP contribution < -0.4 is 0 Å². The quantitative estimate of drug-likeness (QED) is 0.739. The lowest BCUT2D eigenvalue weighted by Gasteiger charge is -2.14. The summed E-state index contributed by atoms with van der Waals surface area (Å²) in [5.41, 5.74) is 0. The minimum absolute atomic E-state index is 0.0835. The van der Waals surface area contributed by atoms with Crippen LogP contribution in [0.5, 0.6) is 0 Å². The number of hydrogen-bond acceptors (Lipinski definition) is 3. The first kappa shape index (κ1) is 10.9. The van der Waals surface area contributed by atoms with Crippen LogP contribution in [0.4, 0.5) is 4.39 Å². The van der Waals surface area contributed by atoms with Gasteiger partial charge < -0.3 is 5.11 Å². The molecule has 1 fully saturated rings. The first-order valence-corrected chi connectivity index (χ1v) is 6.25. The predicted octanol–water partition coefficient (Wildman–Crippen LogP) is 0.530. The SMILES string of the molecule is CC(O)C(F)CC1CCS(=O)(=O)C1. The van der Waals surface area contributed by atoms with Crippen molar-refractivity contribution in [3.63, 3.8) is 0 Å². The summed E-state index contributed by atoms with van der Waals surface area (Å²) in [6, 6.07) is 0. The van der Waals surface area contributed by atoms with E-state index in [4.69, 9.17) is 5.11 Å². The van der Waals surface area contributed by atoms with Gasteiger partial charge in [-0.05, 0) is 25.7 Å². The molecule has 0 radical (unpaired) electrons. The van der Waals surface area contributed by atoms with Gasteiger partial charge in [0.15, 0.2) is 9.84 Å². The Balaban J connectivity index is 2.41. The first-order chi connectivity index (χ1) is 5.91. The van der Waals surface area contributed by atoms with Gasteiger partial charge >= 0.3 is 0 Å². The van der Waals surface area contributed by atoms with Crippen LogP contribution in [0.3, 0.4) is 0 Å². The number of hydrogen-bond donors (Lipinski definition) is 1. The number of aliphatic hydroxyl groups is 1. The minimum atomic E-state index is -2.92. The second-order valence-electron chi connectivity index (χ2n) is 3.76. The molecule has 13 heavy (non-hydrogen) atoms. The maximum atomic E-state index is 13.0. The van der Waals surface area contributed by atoms with Crippen molar-refractivity contribution in [1.82, 2.24) is 0 Å². The van der Waals surface area contributed by atoms with Crippen molar-refractivity contribution >= 4 is 9.84 Å². The van der Waals surface area contributed by atoms with Gasteiger partial charge in [0.1, 0.15) is 6.17 Å². The molecule has 1 saturated heterocycles. The van der Waals surface area contributed by atoms with Gasteiger partial charge in [0, 0.05) is 0 Å². The van der Waals surface area contributed by atoms with Gasteiger partial charge in [0.05, 0.1) is 17.6 Å². The summed E-state index contributed by atoms with van der Waals surface area (Å²) < 4.78 is 35.0. The van der Waals surface area contributed by atoms with Crippen LogP contribution in [-0.4, -0.2) is 37.3 Å². The molecule has 78 valence electrons. The Morgan fingerprint density at radius 3 is 2.62 bits per heavy atom. The average Bonchev–Trinajstić information content (AvgIpc) is 2.30. The van der Waals surface area contributed by atoms with Crippen molar-refractivity contribution in [3.05, 3.63) is 0 Å². The third-order valence-electron chi connectivity index (χ3n) is 2.41. The molecular weight excluding hydrogens is 195 g/mol. The smallest absolute Gasteiger partial charge is 0.150 e. The summed E-state index contributed by atoms with van der Waals surface area (Å²) >= 11 is 0. The van der Waals surface area contributed by atoms with Crippen molar-refractivity contribution < 1.29 is 17.9 Å². The van der Waals surface area contributed by atoms with Crippen LogP contribution in [-0.2, 0) is 9.84 Å². The molecule has 0 aromatic heterocycles. The van der Waals surface area contributed by atoms with Gasteiger partial charge in [0.25, 0.3) is 0 Å². The molecule has 5 heteroatoms. The maximum absolute atomic E-state index is 13.0. The highest BCUT2D eigenvalue weighted by atomic mass is 32.2. The molecule has 3 nitrogen and oxygen atoms in total. The third-order valence-corrected chi connectivity index (χ3v) is 4.25. The van der Waals surface area contributed by atoms with Crippen LogP contribution in [0.25, 0.3) is 0 Å². The van der Waals surface area contributed by atoms with Gasteiger partial charge in [-0.1, -0.05) is 0 Å². The molecule has 1 aliphatic rings. The van der Waals surface area contributed by atoms with E-state index < -0.39 is 22.1 Å². The summed E-state index contributed by atoms with van der Waals surface area (Å²) in [5.74, 6) is 0.152. The van der Waals surface area contributed by atoms with Crippen molar-refractivity contribution in [3.8, 4) is 0 Å². The summed E-state index contributed by atoms with van der Waals surface area (Å²) in [4.78, 5) is 0. The Kier molecular flexibility index (Phi) is 3.29. The Labute approximate surface area is 77.9 Å². The molecule has 0 saturated carbocycles. The highest BCUT2D eigenvalue weighted by Gasteiger charge is 2.30. The van der Waals surface area contributed by atoms with Crippen LogP contribution in [0.2, 0.25) is 0 Å². The number of alkyl halides is 1. The molecule has 0 spiro atoms. The van der Waals surface area contributed by atoms with Crippen molar-refractivity contribution in [2.75, 3.05) is 11.5 Å². The molecule has 1 rings (SSSR count). The van der Waals surface area contributed by atoms with E-state index in [9.17, 15) is 12.8 Å². The topological polar surface area (TPSA) is 54.4 Å². The molecule has 1 heterocycles. The molecule has 3 atom stereocenters. The maximum Gasteiger partial charge on any atom is 0.150 e. The molecule has 0 bridgehead atoms. The van der Waals surface area contributed by atoms with E-state index in [-0.39, 0.29) is 23.8 Å². The van der Waals surface area contributed by atoms with Gasteiger partial charge in [0.2, 0.25) is 0 Å². The molecule has 3 unspecified atom stereocenters. The lowest BCUT2D eigenvalue weighted by molar-refractivity contribution is 0.0787. The van der Waals surface area contributed by atoms with Crippen LogP contribution in [0.15, 0.2) is 0 Å². The van der Waals surface area contributed by atoms with Gasteiger partial charge in [-0.15, -0.1) is 0 Å². The van der Waals surface area contributed by atoms with Crippen molar-refractivity contribution in [2.24, 2.45) is 5.92 Å². The van der Waals surface area contributed by atoms with E-state index in [2.05, 4.69) is 0 Å². The average molecular weight is 210 g/mol. The minimum Gasteiger partial charge on any atom is -0.390 e. The third kappa shape index (κ3) is 3.23. The number of rotatable bonds is 3. The highest BCUT2D eigenvalue weighted by molar-refractivity contribution is 7.91. The highest BCUT2D eigenvalue weighted by Crippen LogP contribution is 2.24. The molecule has 1 aliphatic heterocycles. The van der Waals surface area contributed by atoms with Crippen molar-refractivity contribution in [1.29, 1.82) is 0 Å². The van der Waals surface area contributed by atoms with Gasteiger partial charge in [-0.3, -0.25) is 0 Å². The lowest BCUT2D eigenvalue weighted by Crippen LogP contribution is -2.21. The first-order valence-electron chi connectivity index (χ1n) is 4.43. The zero-order chi connectivity index (χ0) is 10.1. The number of halogens is 1. The fourth-order valence-corrected chi connectivity index (χ4v) is 3.45. The molecule has 0 aromatic rings. The summed E-state index contributed by atoms with van der Waals surface area (Å²) in [7, 11) is -2.92. The van der Waals surface area contributed by atoms with E-state index in [0.29, 0.717) is 6.42 Å². The van der Waals surface area contributed by atoms with E-state index in [1.54, 1.807) is 0 Å². The Bertz CT molecular complexity index is 261. The fraction of sp³-hybridized carbons (Fsp3) is 1.00. The standard InChI is InChI=1S/C8H15FO3S/c1-6(10)8(9)4-7-2-3-13(11,12)5-7/h6-8,10H,2-5H2,1H3. The number of sulfone groups is 1. The van der Waals surface area contributed by atoms with E-state index in [1.165, 1.54) is 6.92 Å². The van der Waals surface area contributed by atoms with Gasteiger partial charge in [-0.2, -0.15) is 0 Å². The van der Waals surface area contributed by atoms with Gasteiger partial charge in [-0.25, -0.2) is 12.8 Å². The van der Waals surface area contributed by atoms with Crippen LogP contribution in [0.1, 0.15) is 19.8 Å². The predicted molar refractivity (Wildman–Crippen MR) is 48.0 cm³/mol. The van der Waals surface area contributed by atoms with Crippen LogP contribution >= 0.6 is 0 Å². The Morgan fingerprint density at radius 2 is 2.23 bits per heavy atom. The molecule has 0 aliphatic carbocycles. The van der Waals surface area contributed by atoms with Crippen molar-refractivity contribution in [2.45, 2.75) is 32.0 Å². The largest absolute Gasteiger partial charge is 0.390 e. The van der Waals surface area contributed by atoms with E-state index in [1.807, 2.05) is 0 Å². The normalized spacial score (nSPS) is 31.5. The number of aliphatic hydroxyl groups excluding tert-OH is 1. The monoisotopic (exact) mass is 210 g/mol. The fourth-order valence-electron chi connectivity index (χ4n) is 1.57. The summed E-state index contributed by atoms with van der Waals surface area (Å²) in [5, 5.41) is 8.89. The molecule has 1 N–H and O–H groups in total. The molecule has 0 amide bonds. The lowest BCUT2D eigenvalue weighted by atomic mass is 10.00. The van der Waals surface area contributed by atoms with Crippen LogP contribution in [0, 0.1) is 5.92 Å². The Hall–Kier alpha value is -0.160. The molecule has 0 aromatic carbocycles. The summed E-state index contributed by atoms with van der Waals surface area (Å²) in [6.07, 6.45) is -1.59. The summed E-state index contributed by atoms with van der Waals surface area (Å²) in [6.45, 7) is 1.38. The second kappa shape index (κ2) is 3.92. The van der Waals surface area contributed by atoms with E-state index >= 15 is 0 Å². The Morgan fingerprint density at radius 1 is 1.62 bits per heavy atom. The molecular formula is C8H15FO3S. The zero-order valence-corrected chi connectivity index (χ0v) is 8.43.